The number of fused-ring (bicyclic) bond motifs is 4. The predicted molar refractivity (Wildman–Crippen MR) is 154 cm³/mol. The molecule has 8 nitrogen and oxygen atoms in total. The molecule has 3 aromatic carbocycles. The number of amides is 4. The number of allylic oxidation sites excluding steroid dienone is 2. The highest BCUT2D eigenvalue weighted by Crippen LogP contribution is 2.65. The van der Waals surface area contributed by atoms with Crippen molar-refractivity contribution in [1.29, 1.82) is 0 Å². The molecule has 3 aromatic rings. The zero-order valence-electron chi connectivity index (χ0n) is 22.6. The summed E-state index contributed by atoms with van der Waals surface area (Å²) in [5, 5.41) is 14.3. The van der Waals surface area contributed by atoms with Crippen LogP contribution in [0, 0.1) is 23.7 Å². The number of hydrogen-bond acceptors (Lipinski definition) is 6. The molecule has 0 spiro atoms. The summed E-state index contributed by atoms with van der Waals surface area (Å²) in [5.74, 6) is -4.85. The Balaban J connectivity index is 1.56. The minimum atomic E-state index is -1.49. The summed E-state index contributed by atoms with van der Waals surface area (Å²) >= 11 is 6.31. The predicted octanol–water partition coefficient (Wildman–Crippen LogP) is 4.50. The fourth-order valence-corrected chi connectivity index (χ4v) is 8.15. The summed E-state index contributed by atoms with van der Waals surface area (Å²) in [7, 11) is 1.49. The van der Waals surface area contributed by atoms with E-state index in [1.165, 1.54) is 18.1 Å². The number of benzene rings is 3. The van der Waals surface area contributed by atoms with E-state index in [2.05, 4.69) is 5.32 Å². The normalized spacial score (nSPS) is 29.9. The van der Waals surface area contributed by atoms with Crippen LogP contribution in [0.25, 0.3) is 0 Å². The SMILES string of the molecule is COc1cccc(O)c1[C@H]1C2=CC[C@@H]3C(=O)NC(=O)[C@@H]3[C@@H]2C[C@H]2C(=O)N(c3cccc(Cl)c3)C(=O)[C@@]12c1ccccc1. The van der Waals surface area contributed by atoms with Gasteiger partial charge in [0.25, 0.3) is 0 Å². The molecule has 2 N–H and O–H groups in total. The van der Waals surface area contributed by atoms with Crippen LogP contribution in [0.1, 0.15) is 29.9 Å². The van der Waals surface area contributed by atoms with E-state index in [1.54, 1.807) is 36.4 Å². The van der Waals surface area contributed by atoms with Gasteiger partial charge >= 0.3 is 0 Å². The minimum Gasteiger partial charge on any atom is -0.508 e. The van der Waals surface area contributed by atoms with Gasteiger partial charge in [0.2, 0.25) is 23.6 Å². The van der Waals surface area contributed by atoms with Crippen LogP contribution in [-0.4, -0.2) is 35.8 Å². The van der Waals surface area contributed by atoms with Crippen molar-refractivity contribution in [2.75, 3.05) is 12.0 Å². The molecule has 7 rings (SSSR count). The third kappa shape index (κ3) is 3.48. The molecule has 212 valence electrons. The van der Waals surface area contributed by atoms with Crippen LogP contribution < -0.4 is 15.0 Å². The van der Waals surface area contributed by atoms with Crippen molar-refractivity contribution in [3.63, 3.8) is 0 Å². The number of hydrogen-bond donors (Lipinski definition) is 2. The molecule has 0 aromatic heterocycles. The molecule has 2 aliphatic heterocycles. The summed E-state index contributed by atoms with van der Waals surface area (Å²) < 4.78 is 5.75. The molecule has 6 atom stereocenters. The molecule has 0 bridgehead atoms. The minimum absolute atomic E-state index is 0.0921. The number of carbonyl (C=O) groups excluding carboxylic acids is 4. The van der Waals surface area contributed by atoms with Crippen LogP contribution in [0.15, 0.2) is 84.4 Å². The van der Waals surface area contributed by atoms with Gasteiger partial charge in [0.15, 0.2) is 0 Å². The van der Waals surface area contributed by atoms with Gasteiger partial charge < -0.3 is 9.84 Å². The monoisotopic (exact) mass is 582 g/mol. The molecule has 4 aliphatic rings. The first-order valence-electron chi connectivity index (χ1n) is 13.9. The average Bonchev–Trinajstić information content (AvgIpc) is 3.41. The molecule has 2 heterocycles. The highest BCUT2D eigenvalue weighted by Gasteiger charge is 2.70. The zero-order chi connectivity index (χ0) is 29.3. The Kier molecular flexibility index (Phi) is 6.02. The maximum atomic E-state index is 15.1. The lowest BCUT2D eigenvalue weighted by atomic mass is 9.49. The van der Waals surface area contributed by atoms with Crippen LogP contribution >= 0.6 is 11.6 Å². The number of nitrogens with zero attached hydrogens (tertiary/aromatic N) is 1. The maximum absolute atomic E-state index is 15.1. The topological polar surface area (TPSA) is 113 Å². The van der Waals surface area contributed by atoms with E-state index < -0.39 is 46.8 Å². The fourth-order valence-electron chi connectivity index (χ4n) is 7.97. The van der Waals surface area contributed by atoms with E-state index in [-0.39, 0.29) is 24.0 Å². The van der Waals surface area contributed by atoms with Crippen molar-refractivity contribution in [2.45, 2.75) is 24.2 Å². The van der Waals surface area contributed by atoms with Crippen molar-refractivity contribution >= 4 is 40.9 Å². The van der Waals surface area contributed by atoms with E-state index >= 15 is 4.79 Å². The zero-order valence-corrected chi connectivity index (χ0v) is 23.4. The Morgan fingerprint density at radius 2 is 1.71 bits per heavy atom. The van der Waals surface area contributed by atoms with Crippen LogP contribution in [0.4, 0.5) is 5.69 Å². The highest BCUT2D eigenvalue weighted by atomic mass is 35.5. The van der Waals surface area contributed by atoms with E-state index in [0.717, 1.165) is 5.57 Å². The second-order valence-corrected chi connectivity index (χ2v) is 11.8. The third-order valence-corrected chi connectivity index (χ3v) is 9.80. The van der Waals surface area contributed by atoms with E-state index in [4.69, 9.17) is 16.3 Å². The number of halogens is 1. The Hall–Kier alpha value is -4.43. The second-order valence-electron chi connectivity index (χ2n) is 11.3. The number of anilines is 1. The molecule has 4 amide bonds. The van der Waals surface area contributed by atoms with Gasteiger partial charge in [0.05, 0.1) is 36.0 Å². The Labute approximate surface area is 246 Å². The Morgan fingerprint density at radius 1 is 0.952 bits per heavy atom. The van der Waals surface area contributed by atoms with Gasteiger partial charge in [-0.25, -0.2) is 4.90 Å². The van der Waals surface area contributed by atoms with Gasteiger partial charge in [-0.05, 0) is 54.7 Å². The van der Waals surface area contributed by atoms with E-state index in [0.29, 0.717) is 34.0 Å². The Bertz CT molecular complexity index is 1700. The largest absolute Gasteiger partial charge is 0.508 e. The number of nitrogens with one attached hydrogen (secondary N) is 1. The lowest BCUT2D eigenvalue weighted by Crippen LogP contribution is -2.53. The van der Waals surface area contributed by atoms with Crippen molar-refractivity contribution in [2.24, 2.45) is 23.7 Å². The van der Waals surface area contributed by atoms with Crippen molar-refractivity contribution < 1.29 is 29.0 Å². The quantitative estimate of drug-likeness (QED) is 0.346. The van der Waals surface area contributed by atoms with Gasteiger partial charge in [-0.15, -0.1) is 0 Å². The van der Waals surface area contributed by atoms with Gasteiger partial charge in [0, 0.05) is 16.5 Å². The van der Waals surface area contributed by atoms with Crippen molar-refractivity contribution in [3.05, 3.63) is 101 Å². The van der Waals surface area contributed by atoms with Crippen LogP contribution in [0.2, 0.25) is 5.02 Å². The van der Waals surface area contributed by atoms with Gasteiger partial charge in [-0.2, -0.15) is 0 Å². The number of ether oxygens (including phenoxy) is 1. The van der Waals surface area contributed by atoms with Crippen molar-refractivity contribution in [1.82, 2.24) is 5.32 Å². The molecule has 2 aliphatic carbocycles. The molecule has 0 radical (unpaired) electrons. The average molecular weight is 583 g/mol. The molecule has 42 heavy (non-hydrogen) atoms. The first-order valence-corrected chi connectivity index (χ1v) is 14.3. The molecule has 2 saturated heterocycles. The van der Waals surface area contributed by atoms with E-state index in [9.17, 15) is 19.5 Å². The molecular formula is C33H27ClN2O6. The molecular weight excluding hydrogens is 556 g/mol. The number of methoxy groups -OCH3 is 1. The number of phenols is 1. The number of carbonyl (C=O) groups is 4. The Morgan fingerprint density at radius 3 is 2.45 bits per heavy atom. The standard InChI is InChI=1S/C33H27ClN2O6/c1-42-25-12-6-11-24(37)27(25)28-20-13-14-21-26(30(39)35-29(21)38)22(20)16-23-31(40)36(19-10-5-9-18(34)15-19)32(41)33(23,28)17-7-3-2-4-8-17/h2-13,15,21-23,26,28,37H,14,16H2,1H3,(H,35,38,39)/t21-,22+,23-,26-,28+,33+/m0/s1. The summed E-state index contributed by atoms with van der Waals surface area (Å²) in [5.41, 5.74) is 0.578. The lowest BCUT2D eigenvalue weighted by molar-refractivity contribution is -0.128. The summed E-state index contributed by atoms with van der Waals surface area (Å²) in [6, 6.07) is 20.6. The first-order chi connectivity index (χ1) is 20.3. The van der Waals surface area contributed by atoms with E-state index in [1.807, 2.05) is 36.4 Å². The summed E-state index contributed by atoms with van der Waals surface area (Å²) in [6.07, 6.45) is 2.41. The number of aromatic hydroxyl groups is 1. The second kappa shape index (κ2) is 9.56. The van der Waals surface area contributed by atoms with Crippen LogP contribution in [0.5, 0.6) is 11.5 Å². The highest BCUT2D eigenvalue weighted by molar-refractivity contribution is 6.32. The lowest BCUT2D eigenvalue weighted by Gasteiger charge is -2.50. The molecule has 3 fully saturated rings. The fraction of sp³-hybridized carbons (Fsp3) is 0.273. The third-order valence-electron chi connectivity index (χ3n) is 9.56. The summed E-state index contributed by atoms with van der Waals surface area (Å²) in [6.45, 7) is 0. The number of imide groups is 2. The molecule has 9 heteroatoms. The first kappa shape index (κ1) is 26.5. The van der Waals surface area contributed by atoms with Crippen molar-refractivity contribution in [3.8, 4) is 11.5 Å². The molecule has 1 saturated carbocycles. The smallest absolute Gasteiger partial charge is 0.246 e. The van der Waals surface area contributed by atoms with Crippen LogP contribution in [0.3, 0.4) is 0 Å². The van der Waals surface area contributed by atoms with Gasteiger partial charge in [-0.3, -0.25) is 24.5 Å². The van der Waals surface area contributed by atoms with Gasteiger partial charge in [-0.1, -0.05) is 65.7 Å². The maximum Gasteiger partial charge on any atom is 0.246 e. The van der Waals surface area contributed by atoms with Crippen LogP contribution in [-0.2, 0) is 24.6 Å². The number of rotatable bonds is 4. The summed E-state index contributed by atoms with van der Waals surface area (Å²) in [4.78, 5) is 56.8. The molecule has 0 unspecified atom stereocenters. The van der Waals surface area contributed by atoms with Gasteiger partial charge in [0.1, 0.15) is 11.5 Å². The number of phenolic OH excluding ortho intramolecular Hbond substituents is 1.